The predicted molar refractivity (Wildman–Crippen MR) is 110 cm³/mol. The number of nitriles is 1. The van der Waals surface area contributed by atoms with Crippen LogP contribution in [-0.2, 0) is 21.4 Å². The number of carbonyl (C=O) groups is 1. The fraction of sp³-hybridized carbons (Fsp3) is 0.300. The first kappa shape index (κ1) is 21.9. The number of hydrogen-bond acceptors (Lipinski definition) is 6. The van der Waals surface area contributed by atoms with Crippen LogP contribution in [0.4, 0.5) is 0 Å². The zero-order valence-corrected chi connectivity index (χ0v) is 17.8. The van der Waals surface area contributed by atoms with Gasteiger partial charge in [-0.3, -0.25) is 4.79 Å². The van der Waals surface area contributed by atoms with Gasteiger partial charge in [0.1, 0.15) is 0 Å². The van der Waals surface area contributed by atoms with Gasteiger partial charge in [-0.1, -0.05) is 11.6 Å². The second-order valence-electron chi connectivity index (χ2n) is 6.63. The highest BCUT2D eigenvalue weighted by Gasteiger charge is 2.23. The number of carbonyl (C=O) groups excluding carboxylic acids is 1. The van der Waals surface area contributed by atoms with E-state index in [0.29, 0.717) is 40.9 Å². The molecular weight excluding hydrogens is 430 g/mol. The Morgan fingerprint density at radius 3 is 2.63 bits per heavy atom. The zero-order valence-electron chi connectivity index (χ0n) is 16.2. The van der Waals surface area contributed by atoms with Crippen molar-refractivity contribution in [2.45, 2.75) is 17.9 Å². The van der Waals surface area contributed by atoms with Gasteiger partial charge < -0.3 is 14.8 Å². The number of fused-ring (bicyclic) bond motifs is 1. The van der Waals surface area contributed by atoms with E-state index in [-0.39, 0.29) is 18.0 Å². The third kappa shape index (κ3) is 5.02. The quantitative estimate of drug-likeness (QED) is 0.724. The van der Waals surface area contributed by atoms with Gasteiger partial charge in [0, 0.05) is 20.0 Å². The Kier molecular flexibility index (Phi) is 6.82. The van der Waals surface area contributed by atoms with Crippen LogP contribution in [0.15, 0.2) is 41.3 Å². The van der Waals surface area contributed by atoms with Crippen LogP contribution in [0.3, 0.4) is 0 Å². The first-order chi connectivity index (χ1) is 14.3. The Hall–Kier alpha value is -2.80. The number of rotatable bonds is 6. The smallest absolute Gasteiger partial charge is 0.243 e. The van der Waals surface area contributed by atoms with Gasteiger partial charge in [-0.25, -0.2) is 8.42 Å². The lowest BCUT2D eigenvalue weighted by molar-refractivity contribution is -0.121. The average Bonchev–Trinajstić information content (AvgIpc) is 2.98. The van der Waals surface area contributed by atoms with E-state index >= 15 is 0 Å². The van der Waals surface area contributed by atoms with Crippen molar-refractivity contribution in [3.8, 4) is 17.6 Å². The lowest BCUT2D eigenvalue weighted by atomic mass is 10.2. The van der Waals surface area contributed by atoms with E-state index < -0.39 is 15.9 Å². The number of ether oxygens (including phenoxy) is 2. The summed E-state index contributed by atoms with van der Waals surface area (Å²) < 4.78 is 37.3. The minimum absolute atomic E-state index is 0.00600. The monoisotopic (exact) mass is 449 g/mol. The number of benzene rings is 2. The lowest BCUT2D eigenvalue weighted by Crippen LogP contribution is -2.38. The minimum Gasteiger partial charge on any atom is -0.489 e. The Labute approximate surface area is 180 Å². The predicted octanol–water partition coefficient (Wildman–Crippen LogP) is 2.31. The van der Waals surface area contributed by atoms with Crippen molar-refractivity contribution in [2.75, 3.05) is 26.8 Å². The second-order valence-corrected chi connectivity index (χ2v) is 9.08. The normalized spacial score (nSPS) is 13.4. The highest BCUT2D eigenvalue weighted by Crippen LogP contribution is 2.37. The van der Waals surface area contributed by atoms with Crippen LogP contribution in [0.25, 0.3) is 0 Å². The van der Waals surface area contributed by atoms with E-state index in [1.807, 2.05) is 6.07 Å². The summed E-state index contributed by atoms with van der Waals surface area (Å²) in [7, 11) is -2.54. The number of halogens is 1. The molecule has 1 aliphatic rings. The molecule has 1 amide bonds. The van der Waals surface area contributed by atoms with Gasteiger partial charge in [-0.05, 0) is 42.0 Å². The maximum Gasteiger partial charge on any atom is 0.243 e. The Morgan fingerprint density at radius 2 is 1.93 bits per heavy atom. The SMILES string of the molecule is CN(CC(=O)NCc1cc(Cl)c2c(c1)OCCCO2)S(=O)(=O)c1ccc(C#N)cc1. The van der Waals surface area contributed by atoms with Crippen LogP contribution in [0.2, 0.25) is 5.02 Å². The third-order valence-electron chi connectivity index (χ3n) is 4.41. The van der Waals surface area contributed by atoms with Gasteiger partial charge in [0.15, 0.2) is 11.5 Å². The third-order valence-corrected chi connectivity index (χ3v) is 6.51. The number of sulfonamides is 1. The van der Waals surface area contributed by atoms with Crippen molar-refractivity contribution in [2.24, 2.45) is 0 Å². The molecule has 10 heteroatoms. The van der Waals surface area contributed by atoms with Crippen molar-refractivity contribution in [1.29, 1.82) is 5.26 Å². The summed E-state index contributed by atoms with van der Waals surface area (Å²) in [6.45, 7) is 0.820. The van der Waals surface area contributed by atoms with Crippen LogP contribution < -0.4 is 14.8 Å². The molecule has 0 radical (unpaired) electrons. The topological polar surface area (TPSA) is 109 Å². The van der Waals surface area contributed by atoms with Gasteiger partial charge >= 0.3 is 0 Å². The molecule has 2 aromatic carbocycles. The Morgan fingerprint density at radius 1 is 1.23 bits per heavy atom. The molecule has 3 rings (SSSR count). The van der Waals surface area contributed by atoms with E-state index in [0.717, 1.165) is 10.7 Å². The molecule has 0 unspecified atom stereocenters. The van der Waals surface area contributed by atoms with Crippen LogP contribution >= 0.6 is 11.6 Å². The van der Waals surface area contributed by atoms with Gasteiger partial charge in [0.25, 0.3) is 0 Å². The molecule has 30 heavy (non-hydrogen) atoms. The van der Waals surface area contributed by atoms with Crippen molar-refractivity contribution >= 4 is 27.5 Å². The number of amides is 1. The molecule has 8 nitrogen and oxygen atoms in total. The molecule has 1 aliphatic heterocycles. The van der Waals surface area contributed by atoms with Crippen molar-refractivity contribution < 1.29 is 22.7 Å². The molecular formula is C20H20ClN3O5S. The summed E-state index contributed by atoms with van der Waals surface area (Å²) in [5, 5.41) is 11.9. The minimum atomic E-state index is -3.86. The summed E-state index contributed by atoms with van der Waals surface area (Å²) in [5.74, 6) is 0.528. The maximum atomic E-state index is 12.6. The first-order valence-electron chi connectivity index (χ1n) is 9.12. The zero-order chi connectivity index (χ0) is 21.7. The number of nitrogens with zero attached hydrogens (tertiary/aromatic N) is 2. The fourth-order valence-corrected chi connectivity index (χ4v) is 4.23. The lowest BCUT2D eigenvalue weighted by Gasteiger charge is -2.17. The van der Waals surface area contributed by atoms with Crippen LogP contribution in [-0.4, -0.2) is 45.4 Å². The molecule has 0 saturated carbocycles. The molecule has 0 bridgehead atoms. The van der Waals surface area contributed by atoms with Gasteiger partial charge in [0.05, 0.1) is 41.3 Å². The second kappa shape index (κ2) is 9.34. The number of nitrogens with one attached hydrogen (secondary N) is 1. The summed E-state index contributed by atoms with van der Waals surface area (Å²) in [4.78, 5) is 12.3. The molecule has 0 aliphatic carbocycles. The molecule has 1 heterocycles. The summed E-state index contributed by atoms with van der Waals surface area (Å²) in [5.41, 5.74) is 1.05. The van der Waals surface area contributed by atoms with Crippen LogP contribution in [0, 0.1) is 11.3 Å². The summed E-state index contributed by atoms with van der Waals surface area (Å²) in [6.07, 6.45) is 0.747. The van der Waals surface area contributed by atoms with E-state index in [1.54, 1.807) is 12.1 Å². The largest absolute Gasteiger partial charge is 0.489 e. The molecule has 0 spiro atoms. The maximum absolute atomic E-state index is 12.6. The molecule has 0 aromatic heterocycles. The van der Waals surface area contributed by atoms with E-state index in [2.05, 4.69) is 5.32 Å². The molecule has 2 aromatic rings. The van der Waals surface area contributed by atoms with Crippen LogP contribution in [0.5, 0.6) is 11.5 Å². The average molecular weight is 450 g/mol. The summed E-state index contributed by atoms with van der Waals surface area (Å²) >= 11 is 6.24. The van der Waals surface area contributed by atoms with Gasteiger partial charge in [-0.2, -0.15) is 9.57 Å². The van der Waals surface area contributed by atoms with Crippen molar-refractivity contribution in [3.05, 3.63) is 52.5 Å². The van der Waals surface area contributed by atoms with E-state index in [4.69, 9.17) is 26.3 Å². The first-order valence-corrected chi connectivity index (χ1v) is 10.9. The highest BCUT2D eigenvalue weighted by molar-refractivity contribution is 7.89. The standard InChI is InChI=1S/C20H20ClN3O5S/c1-24(30(26,27)16-5-3-14(11-22)4-6-16)13-19(25)23-12-15-9-17(21)20-18(10-15)28-7-2-8-29-20/h3-6,9-10H,2,7-8,12-13H2,1H3,(H,23,25). The molecule has 0 saturated heterocycles. The van der Waals surface area contributed by atoms with Crippen molar-refractivity contribution in [1.82, 2.24) is 9.62 Å². The molecule has 158 valence electrons. The molecule has 1 N–H and O–H groups in total. The number of likely N-dealkylation sites (N-methyl/N-ethyl adjacent to an activating group) is 1. The summed E-state index contributed by atoms with van der Waals surface area (Å²) in [6, 6.07) is 10.8. The van der Waals surface area contributed by atoms with E-state index in [1.165, 1.54) is 31.3 Å². The molecule has 0 fully saturated rings. The highest BCUT2D eigenvalue weighted by atomic mass is 35.5. The van der Waals surface area contributed by atoms with Crippen LogP contribution in [0.1, 0.15) is 17.5 Å². The van der Waals surface area contributed by atoms with Crippen molar-refractivity contribution in [3.63, 3.8) is 0 Å². The fourth-order valence-electron chi connectivity index (χ4n) is 2.81. The molecule has 0 atom stereocenters. The van der Waals surface area contributed by atoms with Gasteiger partial charge in [0.2, 0.25) is 15.9 Å². The number of hydrogen-bond donors (Lipinski definition) is 1. The van der Waals surface area contributed by atoms with E-state index in [9.17, 15) is 13.2 Å². The Bertz CT molecular complexity index is 1080. The Balaban J connectivity index is 1.62. The van der Waals surface area contributed by atoms with Gasteiger partial charge in [-0.15, -0.1) is 0 Å².